The zero-order valence-electron chi connectivity index (χ0n) is 18.8. The van der Waals surface area contributed by atoms with Crippen LogP contribution in [-0.2, 0) is 7.05 Å². The van der Waals surface area contributed by atoms with Gasteiger partial charge in [0.2, 0.25) is 0 Å². The zero-order chi connectivity index (χ0) is 24.3. The predicted molar refractivity (Wildman–Crippen MR) is 147 cm³/mol. The number of hydrogen-bond donors (Lipinski definition) is 2. The van der Waals surface area contributed by atoms with Gasteiger partial charge >= 0.3 is 0 Å². The first-order valence-electron chi connectivity index (χ1n) is 10.2. The van der Waals surface area contributed by atoms with Crippen molar-refractivity contribution in [3.05, 3.63) is 41.3 Å². The number of alkyl halides is 2. The molecule has 6 nitrogen and oxygen atoms in total. The largest absolute Gasteiger partial charge is 0.356 e. The molecule has 0 spiro atoms. The minimum atomic E-state index is -2.56. The lowest BCUT2D eigenvalue weighted by Gasteiger charge is -2.22. The Hall–Kier alpha value is -1.36. The summed E-state index contributed by atoms with van der Waals surface area (Å²) in [6.07, 6.45) is 0.245. The lowest BCUT2D eigenvalue weighted by Crippen LogP contribution is -2.35. The highest BCUT2D eigenvalue weighted by atomic mass is 127. The van der Waals surface area contributed by atoms with Crippen LogP contribution in [0.1, 0.15) is 19.5 Å². The second kappa shape index (κ2) is 11.4. The van der Waals surface area contributed by atoms with Gasteiger partial charge in [-0.1, -0.05) is 31.5 Å². The first-order chi connectivity index (χ1) is 15.8. The van der Waals surface area contributed by atoms with Crippen LogP contribution >= 0.6 is 51.8 Å². The van der Waals surface area contributed by atoms with E-state index in [9.17, 15) is 8.78 Å². The summed E-state index contributed by atoms with van der Waals surface area (Å²) in [7, 11) is 1.91. The molecule has 33 heavy (non-hydrogen) atoms. The van der Waals surface area contributed by atoms with Crippen molar-refractivity contribution < 1.29 is 8.78 Å². The highest BCUT2D eigenvalue weighted by Gasteiger charge is 2.38. The maximum absolute atomic E-state index is 13.6. The quantitative estimate of drug-likeness (QED) is 0.127. The van der Waals surface area contributed by atoms with E-state index >= 15 is 0 Å². The van der Waals surface area contributed by atoms with E-state index in [-0.39, 0.29) is 11.5 Å². The predicted octanol–water partition coefficient (Wildman–Crippen LogP) is 7.70. The molecular formula is C21H25ClF2IN6PS. The van der Waals surface area contributed by atoms with Gasteiger partial charge in [-0.15, -0.1) is 11.8 Å². The van der Waals surface area contributed by atoms with Gasteiger partial charge in [0.15, 0.2) is 12.0 Å². The molecule has 0 radical (unpaired) electrons. The Morgan fingerprint density at radius 1 is 1.27 bits per heavy atom. The number of nitrogens with one attached hydrogen (secondary N) is 2. The number of nitrogens with zero attached hydrogens (tertiary/aromatic N) is 4. The lowest BCUT2D eigenvalue weighted by molar-refractivity contribution is 0.130. The van der Waals surface area contributed by atoms with Crippen LogP contribution in [0.5, 0.6) is 0 Å². The summed E-state index contributed by atoms with van der Waals surface area (Å²) in [6, 6.07) is 7.74. The van der Waals surface area contributed by atoms with E-state index in [2.05, 4.69) is 48.8 Å². The van der Waals surface area contributed by atoms with Crippen molar-refractivity contribution in [2.75, 3.05) is 21.6 Å². The van der Waals surface area contributed by atoms with Crippen molar-refractivity contribution in [2.45, 2.75) is 38.3 Å². The Balaban J connectivity index is 0.00000149. The van der Waals surface area contributed by atoms with E-state index in [0.717, 1.165) is 27.4 Å². The van der Waals surface area contributed by atoms with Gasteiger partial charge in [0, 0.05) is 35.6 Å². The first-order valence-corrected chi connectivity index (χ1v) is 15.8. The fourth-order valence-electron chi connectivity index (χ4n) is 3.42. The van der Waals surface area contributed by atoms with Gasteiger partial charge in [-0.3, -0.25) is 4.68 Å². The molecule has 2 atom stereocenters. The summed E-state index contributed by atoms with van der Waals surface area (Å²) in [5, 5.41) is 10.8. The lowest BCUT2D eigenvalue weighted by atomic mass is 10.1. The molecule has 1 aliphatic heterocycles. The van der Waals surface area contributed by atoms with Crippen LogP contribution in [0.4, 0.5) is 31.7 Å². The van der Waals surface area contributed by atoms with E-state index < -0.39 is 12.6 Å². The smallest absolute Gasteiger partial charge is 0.277 e. The average molecular weight is 625 g/mol. The summed E-state index contributed by atoms with van der Waals surface area (Å²) in [5.41, 5.74) is 5.20. The Morgan fingerprint density at radius 3 is 2.58 bits per heavy atom. The van der Waals surface area contributed by atoms with Crippen molar-refractivity contribution in [3.63, 3.8) is 0 Å². The molecule has 0 aliphatic carbocycles. The van der Waals surface area contributed by atoms with Crippen LogP contribution in [0, 0.1) is 6.92 Å². The van der Waals surface area contributed by atoms with Crippen molar-refractivity contribution >= 4 is 74.7 Å². The van der Waals surface area contributed by atoms with Gasteiger partial charge in [0.1, 0.15) is 10.8 Å². The molecule has 1 aromatic carbocycles. The first kappa shape index (κ1) is 26.2. The summed E-state index contributed by atoms with van der Waals surface area (Å²) in [4.78, 5) is 5.30. The maximum atomic E-state index is 13.6. The van der Waals surface area contributed by atoms with Crippen molar-refractivity contribution in [1.29, 1.82) is 0 Å². The second-order valence-electron chi connectivity index (χ2n) is 6.88. The van der Waals surface area contributed by atoms with Gasteiger partial charge < -0.3 is 15.3 Å². The van der Waals surface area contributed by atoms with Crippen molar-refractivity contribution in [3.8, 4) is 11.1 Å². The van der Waals surface area contributed by atoms with Gasteiger partial charge in [0.05, 0.1) is 17.6 Å². The van der Waals surface area contributed by atoms with Gasteiger partial charge in [-0.25, -0.2) is 13.8 Å². The molecule has 0 amide bonds. The zero-order valence-corrected chi connectivity index (χ0v) is 23.5. The van der Waals surface area contributed by atoms with Crippen LogP contribution in [0.15, 0.2) is 35.4 Å². The summed E-state index contributed by atoms with van der Waals surface area (Å²) in [6.45, 7) is 6.03. The molecule has 0 saturated heterocycles. The van der Waals surface area contributed by atoms with E-state index in [1.807, 2.05) is 57.1 Å². The molecule has 2 N–H and O–H groups in total. The number of thioether (sulfide) groups is 1. The SMILES string of the molecule is CC.CSc1cc(-c2cnn(C)c2C)ccc1Nc1cc(Cl)nc2c1NC(C(F)F)N2PI. The number of aromatic nitrogens is 3. The van der Waals surface area contributed by atoms with Crippen molar-refractivity contribution in [1.82, 2.24) is 14.8 Å². The molecule has 3 aromatic rings. The third-order valence-corrected chi connectivity index (χ3v) is 8.32. The molecule has 0 bridgehead atoms. The molecule has 2 unspecified atom stereocenters. The molecule has 0 fully saturated rings. The minimum absolute atomic E-state index is 0.0927. The number of halogens is 4. The number of fused-ring (bicyclic) bond motifs is 1. The van der Waals surface area contributed by atoms with Crippen LogP contribution in [0.25, 0.3) is 11.1 Å². The second-order valence-corrected chi connectivity index (χ2v) is 10.2. The summed E-state index contributed by atoms with van der Waals surface area (Å²) >= 11 is 9.90. The Labute approximate surface area is 216 Å². The minimum Gasteiger partial charge on any atom is -0.356 e. The standard InChI is InChI=1S/C19H19ClF2IN6PS.C2H6/c1-9-11(8-24-28(9)2)10-4-5-12(14(6-10)31-3)25-13-7-15(20)26-18-16(13)27-19(17(21)22)29(18)30-23;1-2/h4-8,17,19,27,30H,1-3H3,(H,25,26);1-2H3. The van der Waals surface area contributed by atoms with E-state index in [1.165, 1.54) is 0 Å². The van der Waals surface area contributed by atoms with E-state index in [4.69, 9.17) is 11.6 Å². The fourth-order valence-corrected chi connectivity index (χ4v) is 6.30. The Kier molecular flexibility index (Phi) is 9.05. The monoisotopic (exact) mass is 624 g/mol. The molecule has 0 saturated carbocycles. The van der Waals surface area contributed by atoms with E-state index in [1.54, 1.807) is 22.5 Å². The number of hydrogen-bond acceptors (Lipinski definition) is 6. The molecular weight excluding hydrogens is 600 g/mol. The third kappa shape index (κ3) is 5.33. The molecule has 178 valence electrons. The number of rotatable bonds is 6. The molecule has 2 aromatic heterocycles. The van der Waals surface area contributed by atoms with E-state index in [0.29, 0.717) is 17.2 Å². The normalized spacial score (nSPS) is 15.0. The topological polar surface area (TPSA) is 58.0 Å². The average Bonchev–Trinajstić information content (AvgIpc) is 3.35. The summed E-state index contributed by atoms with van der Waals surface area (Å²) in [5.74, 6) is 0.432. The highest BCUT2D eigenvalue weighted by Crippen LogP contribution is 2.49. The number of pyridine rings is 1. The Bertz CT molecular complexity index is 1130. The van der Waals surface area contributed by atoms with Gasteiger partial charge in [-0.05, 0) is 52.9 Å². The Morgan fingerprint density at radius 2 is 2.00 bits per heavy atom. The number of anilines is 4. The fraction of sp³-hybridized carbons (Fsp3) is 0.333. The number of benzene rings is 1. The summed E-state index contributed by atoms with van der Waals surface area (Å²) < 4.78 is 30.5. The maximum Gasteiger partial charge on any atom is 0.277 e. The molecule has 3 heterocycles. The van der Waals surface area contributed by atoms with Crippen LogP contribution in [0.2, 0.25) is 5.15 Å². The van der Waals surface area contributed by atoms with Crippen LogP contribution in [0.3, 0.4) is 0 Å². The molecule has 12 heteroatoms. The van der Waals surface area contributed by atoms with Gasteiger partial charge in [-0.2, -0.15) is 5.10 Å². The van der Waals surface area contributed by atoms with Crippen molar-refractivity contribution in [2.24, 2.45) is 7.05 Å². The third-order valence-electron chi connectivity index (χ3n) is 5.11. The van der Waals surface area contributed by atoms with Gasteiger partial charge in [0.25, 0.3) is 6.43 Å². The number of aryl methyl sites for hydroxylation is 1. The molecule has 4 rings (SSSR count). The highest BCUT2D eigenvalue weighted by molar-refractivity contribution is 14.2. The van der Waals surface area contributed by atoms with Crippen LogP contribution < -0.4 is 15.3 Å². The molecule has 1 aliphatic rings. The van der Waals surface area contributed by atoms with Crippen LogP contribution in [-0.4, -0.2) is 33.6 Å².